The first kappa shape index (κ1) is 23.1. The van der Waals surface area contributed by atoms with Gasteiger partial charge in [-0.1, -0.05) is 50.6 Å². The fourth-order valence-electron chi connectivity index (χ4n) is 3.18. The Kier molecular flexibility index (Phi) is 6.98. The standard InChI is InChI=1S/C27H29NO4/c1-18-6-15-24(19(2)16-18)28-26(30)20-7-11-23(12-8-20)32-25(29)17-31-22-13-9-21(10-14-22)27(3,4)5/h6-16H,17H2,1-5H3,(H,28,30). The van der Waals surface area contributed by atoms with E-state index in [1.54, 1.807) is 24.3 Å². The number of nitrogens with one attached hydrogen (secondary N) is 1. The largest absolute Gasteiger partial charge is 0.482 e. The molecule has 3 aromatic rings. The first-order valence-electron chi connectivity index (χ1n) is 10.5. The molecule has 3 rings (SSSR count). The van der Waals surface area contributed by atoms with Crippen LogP contribution in [0.4, 0.5) is 5.69 Å². The molecular formula is C27H29NO4. The van der Waals surface area contributed by atoms with Gasteiger partial charge in [0.05, 0.1) is 0 Å². The molecule has 3 aromatic carbocycles. The maximum absolute atomic E-state index is 12.5. The summed E-state index contributed by atoms with van der Waals surface area (Å²) < 4.78 is 10.8. The zero-order valence-corrected chi connectivity index (χ0v) is 19.2. The predicted molar refractivity (Wildman–Crippen MR) is 127 cm³/mol. The molecule has 0 aliphatic heterocycles. The van der Waals surface area contributed by atoms with Crippen molar-refractivity contribution in [3.63, 3.8) is 0 Å². The van der Waals surface area contributed by atoms with Gasteiger partial charge in [0, 0.05) is 11.3 Å². The summed E-state index contributed by atoms with van der Waals surface area (Å²) >= 11 is 0. The van der Waals surface area contributed by atoms with E-state index in [1.165, 1.54) is 5.56 Å². The molecule has 0 radical (unpaired) electrons. The highest BCUT2D eigenvalue weighted by atomic mass is 16.6. The number of anilines is 1. The molecule has 1 N–H and O–H groups in total. The molecule has 0 fully saturated rings. The summed E-state index contributed by atoms with van der Waals surface area (Å²) in [6.07, 6.45) is 0. The van der Waals surface area contributed by atoms with Crippen LogP contribution in [0.2, 0.25) is 0 Å². The van der Waals surface area contributed by atoms with E-state index in [9.17, 15) is 9.59 Å². The molecule has 0 saturated heterocycles. The van der Waals surface area contributed by atoms with E-state index in [1.807, 2.05) is 56.3 Å². The van der Waals surface area contributed by atoms with Crippen LogP contribution in [0, 0.1) is 13.8 Å². The lowest BCUT2D eigenvalue weighted by atomic mass is 9.87. The van der Waals surface area contributed by atoms with Gasteiger partial charge in [0.15, 0.2) is 6.61 Å². The molecule has 0 atom stereocenters. The van der Waals surface area contributed by atoms with Gasteiger partial charge in [0.1, 0.15) is 11.5 Å². The molecule has 0 aliphatic carbocycles. The second-order valence-electron chi connectivity index (χ2n) is 8.83. The van der Waals surface area contributed by atoms with Crippen molar-refractivity contribution in [3.05, 3.63) is 89.0 Å². The van der Waals surface area contributed by atoms with E-state index in [0.29, 0.717) is 17.1 Å². The molecule has 0 bridgehead atoms. The Hall–Kier alpha value is -3.60. The number of carbonyl (C=O) groups is 2. The van der Waals surface area contributed by atoms with Crippen LogP contribution in [-0.4, -0.2) is 18.5 Å². The topological polar surface area (TPSA) is 64.6 Å². The van der Waals surface area contributed by atoms with E-state index < -0.39 is 5.97 Å². The van der Waals surface area contributed by atoms with E-state index in [0.717, 1.165) is 16.8 Å². The smallest absolute Gasteiger partial charge is 0.349 e. The van der Waals surface area contributed by atoms with E-state index in [2.05, 4.69) is 26.1 Å². The highest BCUT2D eigenvalue weighted by Crippen LogP contribution is 2.24. The zero-order chi connectivity index (χ0) is 23.3. The van der Waals surface area contributed by atoms with Crippen LogP contribution >= 0.6 is 0 Å². The van der Waals surface area contributed by atoms with Crippen LogP contribution < -0.4 is 14.8 Å². The Labute approximate surface area is 189 Å². The molecule has 0 unspecified atom stereocenters. The number of carbonyl (C=O) groups excluding carboxylic acids is 2. The van der Waals surface area contributed by atoms with Gasteiger partial charge < -0.3 is 14.8 Å². The Balaban J connectivity index is 1.52. The second kappa shape index (κ2) is 9.69. The Morgan fingerprint density at radius 2 is 1.47 bits per heavy atom. The summed E-state index contributed by atoms with van der Waals surface area (Å²) in [5, 5.41) is 2.90. The Bertz CT molecular complexity index is 1090. The molecule has 1 amide bonds. The number of ether oxygens (including phenoxy) is 2. The van der Waals surface area contributed by atoms with Crippen molar-refractivity contribution in [2.75, 3.05) is 11.9 Å². The molecule has 0 aromatic heterocycles. The summed E-state index contributed by atoms with van der Waals surface area (Å²) in [6.45, 7) is 10.2. The zero-order valence-electron chi connectivity index (χ0n) is 19.2. The van der Waals surface area contributed by atoms with Crippen molar-refractivity contribution >= 4 is 17.6 Å². The Morgan fingerprint density at radius 1 is 0.844 bits per heavy atom. The quantitative estimate of drug-likeness (QED) is 0.393. The van der Waals surface area contributed by atoms with Crippen LogP contribution in [0.15, 0.2) is 66.7 Å². The average Bonchev–Trinajstić information content (AvgIpc) is 2.74. The average molecular weight is 432 g/mol. The maximum atomic E-state index is 12.5. The van der Waals surface area contributed by atoms with Gasteiger partial charge in [0.25, 0.3) is 5.91 Å². The molecule has 0 aliphatic rings. The number of amides is 1. The summed E-state index contributed by atoms with van der Waals surface area (Å²) in [5.74, 6) is 0.215. The number of hydrogen-bond donors (Lipinski definition) is 1. The van der Waals surface area contributed by atoms with Gasteiger partial charge >= 0.3 is 5.97 Å². The molecule has 0 spiro atoms. The monoisotopic (exact) mass is 431 g/mol. The van der Waals surface area contributed by atoms with Crippen LogP contribution in [0.5, 0.6) is 11.5 Å². The number of benzene rings is 3. The van der Waals surface area contributed by atoms with Gasteiger partial charge in [-0.2, -0.15) is 0 Å². The third-order valence-electron chi connectivity index (χ3n) is 5.06. The Morgan fingerprint density at radius 3 is 2.06 bits per heavy atom. The highest BCUT2D eigenvalue weighted by Gasteiger charge is 2.14. The van der Waals surface area contributed by atoms with Crippen molar-refractivity contribution in [2.45, 2.75) is 40.0 Å². The van der Waals surface area contributed by atoms with Crippen molar-refractivity contribution in [1.29, 1.82) is 0 Å². The van der Waals surface area contributed by atoms with Gasteiger partial charge in [-0.05, 0) is 72.9 Å². The number of esters is 1. The molecule has 32 heavy (non-hydrogen) atoms. The van der Waals surface area contributed by atoms with Crippen molar-refractivity contribution in [1.82, 2.24) is 0 Å². The third kappa shape index (κ3) is 6.20. The molecule has 0 saturated carbocycles. The van der Waals surface area contributed by atoms with Gasteiger partial charge in [-0.15, -0.1) is 0 Å². The lowest BCUT2D eigenvalue weighted by Gasteiger charge is -2.19. The summed E-state index contributed by atoms with van der Waals surface area (Å²) in [4.78, 5) is 24.6. The van der Waals surface area contributed by atoms with Gasteiger partial charge in [-0.3, -0.25) is 4.79 Å². The van der Waals surface area contributed by atoms with Crippen LogP contribution in [-0.2, 0) is 10.2 Å². The van der Waals surface area contributed by atoms with Gasteiger partial charge in [-0.25, -0.2) is 4.79 Å². The first-order valence-corrected chi connectivity index (χ1v) is 10.5. The lowest BCUT2D eigenvalue weighted by molar-refractivity contribution is -0.136. The number of aryl methyl sites for hydroxylation is 2. The molecular weight excluding hydrogens is 402 g/mol. The fraction of sp³-hybridized carbons (Fsp3) is 0.259. The molecule has 5 nitrogen and oxygen atoms in total. The van der Waals surface area contributed by atoms with Crippen LogP contribution in [0.3, 0.4) is 0 Å². The van der Waals surface area contributed by atoms with E-state index in [-0.39, 0.29) is 17.9 Å². The first-order chi connectivity index (χ1) is 15.1. The van der Waals surface area contributed by atoms with Crippen LogP contribution in [0.1, 0.15) is 47.8 Å². The number of hydrogen-bond acceptors (Lipinski definition) is 4. The van der Waals surface area contributed by atoms with E-state index in [4.69, 9.17) is 9.47 Å². The van der Waals surface area contributed by atoms with E-state index >= 15 is 0 Å². The fourth-order valence-corrected chi connectivity index (χ4v) is 3.18. The molecule has 0 heterocycles. The summed E-state index contributed by atoms with van der Waals surface area (Å²) in [7, 11) is 0. The van der Waals surface area contributed by atoms with Crippen molar-refractivity contribution < 1.29 is 19.1 Å². The predicted octanol–water partition coefficient (Wildman–Crippen LogP) is 5.84. The minimum atomic E-state index is -0.516. The normalized spacial score (nSPS) is 11.0. The third-order valence-corrected chi connectivity index (χ3v) is 5.06. The molecule has 5 heteroatoms. The van der Waals surface area contributed by atoms with Crippen molar-refractivity contribution in [2.24, 2.45) is 0 Å². The minimum absolute atomic E-state index is 0.0551. The van der Waals surface area contributed by atoms with Crippen LogP contribution in [0.25, 0.3) is 0 Å². The highest BCUT2D eigenvalue weighted by molar-refractivity contribution is 6.04. The summed E-state index contributed by atoms with van der Waals surface area (Å²) in [6, 6.07) is 19.9. The summed E-state index contributed by atoms with van der Waals surface area (Å²) in [5.41, 5.74) is 4.62. The maximum Gasteiger partial charge on any atom is 0.349 e. The molecule has 166 valence electrons. The lowest BCUT2D eigenvalue weighted by Crippen LogP contribution is -2.18. The van der Waals surface area contributed by atoms with Gasteiger partial charge in [0.2, 0.25) is 0 Å². The number of rotatable bonds is 6. The van der Waals surface area contributed by atoms with Crippen molar-refractivity contribution in [3.8, 4) is 11.5 Å². The SMILES string of the molecule is Cc1ccc(NC(=O)c2ccc(OC(=O)COc3ccc(C(C)(C)C)cc3)cc2)c(C)c1. The minimum Gasteiger partial charge on any atom is -0.482 e. The second-order valence-corrected chi connectivity index (χ2v) is 8.83.